The van der Waals surface area contributed by atoms with Gasteiger partial charge < -0.3 is 35.3 Å². The Kier molecular flexibility index (Phi) is 22.6. The molecule has 3 aliphatic heterocycles. The summed E-state index contributed by atoms with van der Waals surface area (Å²) in [5.74, 6) is -0.762. The fourth-order valence-electron chi connectivity index (χ4n) is 14.0. The first-order valence-corrected chi connectivity index (χ1v) is 35.0. The average Bonchev–Trinajstić information content (AvgIpc) is 1.77. The van der Waals surface area contributed by atoms with Gasteiger partial charge in [-0.2, -0.15) is 0 Å². The molecule has 93 heavy (non-hydrogen) atoms. The van der Waals surface area contributed by atoms with Crippen molar-refractivity contribution >= 4 is 85.2 Å². The van der Waals surface area contributed by atoms with E-state index in [0.717, 1.165) is 118 Å². The Morgan fingerprint density at radius 3 is 1.87 bits per heavy atom. The Labute approximate surface area is 572 Å². The molecule has 0 bridgehead atoms. The van der Waals surface area contributed by atoms with Crippen LogP contribution in [0.3, 0.4) is 0 Å². The van der Waals surface area contributed by atoms with Crippen molar-refractivity contribution < 1.29 is 29.0 Å². The topological polar surface area (TPSA) is 203 Å². The first-order valence-electron chi connectivity index (χ1n) is 32.7. The van der Waals surface area contributed by atoms with Crippen molar-refractivity contribution in [3.63, 3.8) is 0 Å². The van der Waals surface area contributed by atoms with Gasteiger partial charge in [-0.25, -0.2) is 14.6 Å². The molecule has 3 aromatic heterocycles. The Bertz CT molecular complexity index is 3600. The number of imidazole rings is 1. The summed E-state index contributed by atoms with van der Waals surface area (Å²) in [5.41, 5.74) is 10.9. The minimum absolute atomic E-state index is 0.118. The van der Waals surface area contributed by atoms with E-state index in [9.17, 15) is 24.3 Å². The van der Waals surface area contributed by atoms with Crippen LogP contribution in [0, 0.1) is 5.92 Å². The maximum absolute atomic E-state index is 14.3. The molecule has 492 valence electrons. The van der Waals surface area contributed by atoms with Crippen LogP contribution in [-0.4, -0.2) is 157 Å². The first-order chi connectivity index (χ1) is 44.8. The van der Waals surface area contributed by atoms with Gasteiger partial charge in [-0.3, -0.25) is 39.2 Å². The fourth-order valence-corrected chi connectivity index (χ4v) is 15.1. The van der Waals surface area contributed by atoms with Gasteiger partial charge in [0.1, 0.15) is 23.8 Å². The molecular weight excluding hydrogens is 1350 g/mol. The molecule has 4 N–H and O–H groups in total. The van der Waals surface area contributed by atoms with E-state index >= 15 is 0 Å². The second-order valence-electron chi connectivity index (χ2n) is 26.3. The molecule has 1 saturated carbocycles. The number of carbonyl (C=O) groups is 4. The van der Waals surface area contributed by atoms with Crippen molar-refractivity contribution in [1.82, 2.24) is 55.1 Å². The Balaban J connectivity index is 0.000000191. The summed E-state index contributed by atoms with van der Waals surface area (Å²) in [4.78, 5) is 81.8. The molecule has 2 saturated heterocycles. The van der Waals surface area contributed by atoms with E-state index in [4.69, 9.17) is 37.9 Å². The highest BCUT2D eigenvalue weighted by Gasteiger charge is 2.44. The third-order valence-electron chi connectivity index (χ3n) is 18.7. The molecule has 0 radical (unpaired) electrons. The van der Waals surface area contributed by atoms with E-state index in [-0.39, 0.29) is 61.5 Å². The van der Waals surface area contributed by atoms with Crippen LogP contribution in [0.2, 0.25) is 10.0 Å². The number of nitrogens with zero attached hydrogens (tertiary/aromatic N) is 9. The number of fused-ring (bicyclic) bond motifs is 4. The van der Waals surface area contributed by atoms with Crippen LogP contribution in [0.15, 0.2) is 129 Å². The van der Waals surface area contributed by atoms with Crippen molar-refractivity contribution in [3.8, 4) is 0 Å². The molecule has 5 amide bonds. The summed E-state index contributed by atoms with van der Waals surface area (Å²) in [6.45, 7) is 8.74. The number of hydrogen-bond donors (Lipinski definition) is 4. The third-order valence-corrected chi connectivity index (χ3v) is 20.0. The molecule has 6 atom stereocenters. The highest BCUT2D eigenvalue weighted by atomic mass is 79.9. The standard InChI is InChI=1S/C38H43BrClN5O4.C33H41BrClN7O2/c1-38(2,3)49-37(48)45-17-16-44(34-30-14-13-29(40)20-25(30)11-12-26-19-28(39)22-42-33(26)34)23-32(45)36(47)43-21-27(18-24-8-5-4-6-9-24)35(46)31-10-7-15-41-31;1-40-21-36-19-27(40)8-5-13-37-32(43)29-20-41(14-15-42(29)33(44)39-26-6-3-2-4-7-26)31-28-12-11-25(35)17-22(28)9-10-23-16-24(34)18-38-30(23)31/h4-6,8-10,13-15,19-20,22,27,32,34-35,46H,7,11-12,16-18,21,23H2,1-3H3,(H,43,47);11-12,16-19,21,26,29,31H,2-10,13-15,20H2,1H3,(H,37,43)(H,39,44)/t27-,32-,34?,35?;29-,31?/m11/s1. The van der Waals surface area contributed by atoms with Gasteiger partial charge in [-0.05, 0) is 186 Å². The number of rotatable bonds is 15. The minimum atomic E-state index is -0.861. The van der Waals surface area contributed by atoms with Crippen LogP contribution in [0.1, 0.15) is 134 Å². The molecule has 18 nitrogen and oxygen atoms in total. The number of allylic oxidation sites excluding steroid dienone is 1. The van der Waals surface area contributed by atoms with Crippen LogP contribution < -0.4 is 16.0 Å². The normalized spacial score (nSPS) is 20.6. The molecule has 0 spiro atoms. The zero-order chi connectivity index (χ0) is 65.3. The van der Waals surface area contributed by atoms with Gasteiger partial charge in [0.25, 0.3) is 0 Å². The van der Waals surface area contributed by atoms with Crippen molar-refractivity contribution in [2.75, 3.05) is 52.4 Å². The number of aliphatic hydroxyl groups excluding tert-OH is 1. The number of hydrogen-bond acceptors (Lipinski definition) is 12. The van der Waals surface area contributed by atoms with E-state index < -0.39 is 29.9 Å². The molecule has 6 heterocycles. The summed E-state index contributed by atoms with van der Waals surface area (Å²) in [7, 11) is 1.98. The monoisotopic (exact) mass is 1430 g/mol. The second kappa shape index (κ2) is 30.9. The van der Waals surface area contributed by atoms with Gasteiger partial charge in [0.15, 0.2) is 0 Å². The molecule has 3 aromatic carbocycles. The molecule has 12 rings (SSSR count). The summed E-state index contributed by atoms with van der Waals surface area (Å²) < 4.78 is 9.66. The van der Waals surface area contributed by atoms with E-state index in [2.05, 4.69) is 97.9 Å². The number of aliphatic imine (C=N–C) groups is 1. The number of amides is 5. The Morgan fingerprint density at radius 2 is 1.30 bits per heavy atom. The number of benzene rings is 3. The number of ether oxygens (including phenoxy) is 1. The zero-order valence-electron chi connectivity index (χ0n) is 53.4. The molecule has 3 fully saturated rings. The number of nitrogens with one attached hydrogen (secondary N) is 3. The average molecular weight is 1430 g/mol. The van der Waals surface area contributed by atoms with Gasteiger partial charge in [0.2, 0.25) is 11.8 Å². The maximum atomic E-state index is 14.3. The predicted octanol–water partition coefficient (Wildman–Crippen LogP) is 11.5. The molecule has 6 aromatic rings. The number of piperazine rings is 2. The van der Waals surface area contributed by atoms with Gasteiger partial charge in [0, 0.05) is 127 Å². The number of pyridine rings is 2. The van der Waals surface area contributed by atoms with Crippen LogP contribution >= 0.6 is 55.1 Å². The van der Waals surface area contributed by atoms with Crippen LogP contribution in [0.25, 0.3) is 0 Å². The van der Waals surface area contributed by atoms with E-state index in [0.29, 0.717) is 56.3 Å². The Hall–Kier alpha value is -6.52. The van der Waals surface area contributed by atoms with E-state index in [1.54, 1.807) is 22.3 Å². The largest absolute Gasteiger partial charge is 0.444 e. The van der Waals surface area contributed by atoms with Crippen LogP contribution in [-0.2, 0) is 59.9 Å². The molecule has 6 aliphatic rings. The van der Waals surface area contributed by atoms with Gasteiger partial charge in [-0.15, -0.1) is 0 Å². The lowest BCUT2D eigenvalue weighted by Gasteiger charge is -2.44. The van der Waals surface area contributed by atoms with Crippen molar-refractivity contribution in [2.45, 2.75) is 146 Å². The molecule has 3 aliphatic carbocycles. The van der Waals surface area contributed by atoms with Crippen molar-refractivity contribution in [2.24, 2.45) is 18.0 Å². The number of aliphatic hydroxyl groups is 1. The number of halogens is 4. The van der Waals surface area contributed by atoms with E-state index in [1.165, 1.54) is 23.1 Å². The highest BCUT2D eigenvalue weighted by Crippen LogP contribution is 2.41. The predicted molar refractivity (Wildman–Crippen MR) is 369 cm³/mol. The number of aromatic nitrogens is 4. The van der Waals surface area contributed by atoms with Gasteiger partial charge in [0.05, 0.1) is 35.5 Å². The second-order valence-corrected chi connectivity index (χ2v) is 29.0. The maximum Gasteiger partial charge on any atom is 0.411 e. The van der Waals surface area contributed by atoms with E-state index in [1.807, 2.05) is 106 Å². The first kappa shape index (κ1) is 67.9. The fraction of sp³-hybridized carbons (Fsp3) is 0.465. The lowest BCUT2D eigenvalue weighted by molar-refractivity contribution is -0.129. The lowest BCUT2D eigenvalue weighted by atomic mass is 9.91. The SMILES string of the molecule is CC(C)(C)OC(=O)N1CCN(C2c3ccc(Cl)cc3CCc3cc(Br)cnc32)C[C@@H]1C(=O)NC[C@@H](Cc1ccccc1)C(O)C1=CCC=N1.Cn1cncc1CCCNC(=O)[C@H]1CN(C2c3ccc(Cl)cc3CCc3cc(Br)cnc32)CCN1C(=O)NC1CCCCC1. The number of aryl methyl sites for hydroxylation is 6. The lowest BCUT2D eigenvalue weighted by Crippen LogP contribution is -2.63. The zero-order valence-corrected chi connectivity index (χ0v) is 58.1. The summed E-state index contributed by atoms with van der Waals surface area (Å²) >= 11 is 20.1. The smallest absolute Gasteiger partial charge is 0.411 e. The number of urea groups is 1. The summed E-state index contributed by atoms with van der Waals surface area (Å²) in [6, 6.07) is 24.5. The molecule has 3 unspecified atom stereocenters. The summed E-state index contributed by atoms with van der Waals surface area (Å²) in [6.07, 6.45) is 21.2. The van der Waals surface area contributed by atoms with Crippen molar-refractivity contribution in [3.05, 3.63) is 191 Å². The van der Waals surface area contributed by atoms with Gasteiger partial charge in [-0.1, -0.05) is 91.0 Å². The summed E-state index contributed by atoms with van der Waals surface area (Å²) in [5, 5.41) is 22.3. The minimum Gasteiger partial charge on any atom is -0.444 e. The molecule has 22 heteroatoms. The Morgan fingerprint density at radius 1 is 0.720 bits per heavy atom. The quantitative estimate of drug-likeness (QED) is 0.0713. The van der Waals surface area contributed by atoms with Crippen LogP contribution in [0.4, 0.5) is 9.59 Å². The third kappa shape index (κ3) is 16.9. The highest BCUT2D eigenvalue weighted by molar-refractivity contribution is 9.10. The van der Waals surface area contributed by atoms with Gasteiger partial charge >= 0.3 is 12.1 Å². The van der Waals surface area contributed by atoms with Crippen molar-refractivity contribution in [1.29, 1.82) is 0 Å². The molecular formula is C71H84Br2Cl2N12O6. The van der Waals surface area contributed by atoms with Crippen LogP contribution in [0.5, 0.6) is 0 Å². The number of carbonyl (C=O) groups excluding carboxylic acids is 4.